The van der Waals surface area contributed by atoms with Gasteiger partial charge in [0.05, 0.1) is 14.2 Å². The molecule has 1 atom stereocenters. The standard InChI is InChI=1S/C27H35NO4Si/c1-9-16-31-21-12-10-20(11-13-21)24(26(2,3)4)18-27(19-28,32-33(7)8)23-15-14-22(29-5)17-25(23)30-6/h9-15,17-18,33H,1,16H2,2-8H3. The Bertz CT molecular complexity index is 1020. The zero-order chi connectivity index (χ0) is 24.6. The zero-order valence-electron chi connectivity index (χ0n) is 20.8. The molecule has 0 bridgehead atoms. The molecule has 5 nitrogen and oxygen atoms in total. The van der Waals surface area contributed by atoms with E-state index in [1.165, 1.54) is 0 Å². The van der Waals surface area contributed by atoms with E-state index in [-0.39, 0.29) is 5.41 Å². The van der Waals surface area contributed by atoms with Gasteiger partial charge in [0.15, 0.2) is 14.6 Å². The number of hydrogen-bond donors (Lipinski definition) is 0. The highest BCUT2D eigenvalue weighted by molar-refractivity contribution is 6.48. The van der Waals surface area contributed by atoms with E-state index in [2.05, 4.69) is 46.5 Å². The summed E-state index contributed by atoms with van der Waals surface area (Å²) in [5.74, 6) is 1.96. The van der Waals surface area contributed by atoms with E-state index < -0.39 is 14.6 Å². The second-order valence-corrected chi connectivity index (χ2v) is 11.3. The number of methoxy groups -OCH3 is 2. The maximum atomic E-state index is 10.5. The monoisotopic (exact) mass is 465 g/mol. The summed E-state index contributed by atoms with van der Waals surface area (Å²) in [6.07, 6.45) is 3.66. The first-order chi connectivity index (χ1) is 15.6. The molecular formula is C27H35NO4Si. The summed E-state index contributed by atoms with van der Waals surface area (Å²) in [5, 5.41) is 10.5. The van der Waals surface area contributed by atoms with Crippen molar-refractivity contribution < 1.29 is 18.6 Å². The van der Waals surface area contributed by atoms with Crippen molar-refractivity contribution in [2.75, 3.05) is 20.8 Å². The van der Waals surface area contributed by atoms with E-state index in [4.69, 9.17) is 18.6 Å². The van der Waals surface area contributed by atoms with Crippen LogP contribution >= 0.6 is 0 Å². The van der Waals surface area contributed by atoms with Gasteiger partial charge in [-0.3, -0.25) is 0 Å². The summed E-state index contributed by atoms with van der Waals surface area (Å²) in [6, 6.07) is 15.8. The molecule has 0 saturated carbocycles. The fourth-order valence-electron chi connectivity index (χ4n) is 3.59. The molecule has 0 radical (unpaired) electrons. The quantitative estimate of drug-likeness (QED) is 0.313. The van der Waals surface area contributed by atoms with Gasteiger partial charge in [0.2, 0.25) is 0 Å². The highest BCUT2D eigenvalue weighted by Gasteiger charge is 2.37. The lowest BCUT2D eigenvalue weighted by molar-refractivity contribution is 0.178. The van der Waals surface area contributed by atoms with Crippen LogP contribution in [0.25, 0.3) is 5.57 Å². The number of benzene rings is 2. The number of ether oxygens (including phenoxy) is 3. The highest BCUT2D eigenvalue weighted by Crippen LogP contribution is 2.43. The van der Waals surface area contributed by atoms with Crippen molar-refractivity contribution in [2.24, 2.45) is 5.41 Å². The van der Waals surface area contributed by atoms with Gasteiger partial charge in [-0.05, 0) is 60.0 Å². The van der Waals surface area contributed by atoms with Crippen molar-refractivity contribution in [1.82, 2.24) is 0 Å². The Labute approximate surface area is 200 Å². The molecule has 0 aliphatic rings. The first-order valence-electron chi connectivity index (χ1n) is 11.0. The Morgan fingerprint density at radius 3 is 2.15 bits per heavy atom. The molecule has 176 valence electrons. The van der Waals surface area contributed by atoms with E-state index in [1.807, 2.05) is 42.5 Å². The molecule has 0 amide bonds. The van der Waals surface area contributed by atoms with Crippen molar-refractivity contribution in [3.05, 3.63) is 72.3 Å². The summed E-state index contributed by atoms with van der Waals surface area (Å²) >= 11 is 0. The van der Waals surface area contributed by atoms with Gasteiger partial charge in [0, 0.05) is 11.6 Å². The Morgan fingerprint density at radius 1 is 1.03 bits per heavy atom. The predicted molar refractivity (Wildman–Crippen MR) is 136 cm³/mol. The number of nitriles is 1. The molecule has 2 aromatic rings. The molecule has 1 unspecified atom stereocenters. The van der Waals surface area contributed by atoms with Gasteiger partial charge >= 0.3 is 0 Å². The molecule has 0 fully saturated rings. The van der Waals surface area contributed by atoms with Gasteiger partial charge in [-0.1, -0.05) is 45.6 Å². The summed E-state index contributed by atoms with van der Waals surface area (Å²) < 4.78 is 23.1. The molecule has 0 spiro atoms. The third-order valence-electron chi connectivity index (χ3n) is 5.09. The van der Waals surface area contributed by atoms with Crippen LogP contribution < -0.4 is 14.2 Å². The van der Waals surface area contributed by atoms with Gasteiger partial charge in [0.25, 0.3) is 0 Å². The fourth-order valence-corrected chi connectivity index (χ4v) is 4.58. The molecule has 0 saturated heterocycles. The van der Waals surface area contributed by atoms with E-state index in [0.29, 0.717) is 23.7 Å². The van der Waals surface area contributed by atoms with Crippen LogP contribution in [0.5, 0.6) is 17.2 Å². The van der Waals surface area contributed by atoms with Crippen molar-refractivity contribution in [3.63, 3.8) is 0 Å². The molecule has 2 aromatic carbocycles. The molecule has 0 heterocycles. The summed E-state index contributed by atoms with van der Waals surface area (Å²) in [6.45, 7) is 14.6. The normalized spacial score (nSPS) is 13.7. The van der Waals surface area contributed by atoms with Crippen LogP contribution in [0.3, 0.4) is 0 Å². The molecule has 0 aromatic heterocycles. The lowest BCUT2D eigenvalue weighted by Crippen LogP contribution is -2.32. The summed E-state index contributed by atoms with van der Waals surface area (Å²) in [4.78, 5) is 0. The lowest BCUT2D eigenvalue weighted by Gasteiger charge is -2.32. The topological polar surface area (TPSA) is 60.7 Å². The van der Waals surface area contributed by atoms with E-state index in [0.717, 1.165) is 16.9 Å². The van der Waals surface area contributed by atoms with Gasteiger partial charge in [-0.15, -0.1) is 0 Å². The second kappa shape index (κ2) is 11.2. The Morgan fingerprint density at radius 2 is 1.67 bits per heavy atom. The minimum atomic E-state index is -1.65. The SMILES string of the molecule is C=CCOc1ccc(C(=CC(C#N)(O[SiH](C)C)c2ccc(OC)cc2OC)C(C)(C)C)cc1. The van der Waals surface area contributed by atoms with Crippen LogP contribution in [0.4, 0.5) is 0 Å². The first-order valence-corrected chi connectivity index (χ1v) is 13.8. The third-order valence-corrected chi connectivity index (χ3v) is 5.93. The highest BCUT2D eigenvalue weighted by atomic mass is 28.3. The van der Waals surface area contributed by atoms with E-state index in [1.54, 1.807) is 26.4 Å². The summed E-state index contributed by atoms with van der Waals surface area (Å²) in [7, 11) is 1.54. The lowest BCUT2D eigenvalue weighted by atomic mass is 9.78. The van der Waals surface area contributed by atoms with Gasteiger partial charge in [-0.2, -0.15) is 5.26 Å². The van der Waals surface area contributed by atoms with E-state index in [9.17, 15) is 5.26 Å². The molecule has 0 aliphatic carbocycles. The maximum Gasteiger partial charge on any atom is 0.193 e. The molecule has 2 rings (SSSR count). The van der Waals surface area contributed by atoms with Crippen LogP contribution in [-0.4, -0.2) is 29.9 Å². The number of hydrogen-bond acceptors (Lipinski definition) is 5. The summed E-state index contributed by atoms with van der Waals surface area (Å²) in [5.41, 5.74) is 1.08. The number of nitrogens with zero attached hydrogens (tertiary/aromatic N) is 1. The van der Waals surface area contributed by atoms with Gasteiger partial charge < -0.3 is 18.6 Å². The Kier molecular flexibility index (Phi) is 8.92. The van der Waals surface area contributed by atoms with Crippen molar-refractivity contribution >= 4 is 14.6 Å². The van der Waals surface area contributed by atoms with Crippen molar-refractivity contribution in [2.45, 2.75) is 39.5 Å². The van der Waals surface area contributed by atoms with Crippen LogP contribution in [0.1, 0.15) is 31.9 Å². The van der Waals surface area contributed by atoms with Crippen LogP contribution in [0.2, 0.25) is 13.1 Å². The molecular weight excluding hydrogens is 430 g/mol. The maximum absolute atomic E-state index is 10.5. The minimum Gasteiger partial charge on any atom is -0.497 e. The van der Waals surface area contributed by atoms with Crippen molar-refractivity contribution in [1.29, 1.82) is 5.26 Å². The minimum absolute atomic E-state index is 0.257. The van der Waals surface area contributed by atoms with Crippen LogP contribution in [-0.2, 0) is 10.0 Å². The van der Waals surface area contributed by atoms with Crippen molar-refractivity contribution in [3.8, 4) is 23.3 Å². The second-order valence-electron chi connectivity index (χ2n) is 9.01. The predicted octanol–water partition coefficient (Wildman–Crippen LogP) is 6.12. The average molecular weight is 466 g/mol. The zero-order valence-corrected chi connectivity index (χ0v) is 21.9. The van der Waals surface area contributed by atoms with Gasteiger partial charge in [-0.25, -0.2) is 0 Å². The molecule has 0 aliphatic heterocycles. The van der Waals surface area contributed by atoms with Crippen LogP contribution in [0.15, 0.2) is 61.2 Å². The molecule has 6 heteroatoms. The first kappa shape index (κ1) is 26.2. The smallest absolute Gasteiger partial charge is 0.193 e. The molecule has 33 heavy (non-hydrogen) atoms. The molecule has 0 N–H and O–H groups in total. The largest absolute Gasteiger partial charge is 0.497 e. The number of rotatable bonds is 10. The Hall–Kier alpha value is -3.01. The van der Waals surface area contributed by atoms with Crippen LogP contribution in [0, 0.1) is 16.7 Å². The third kappa shape index (κ3) is 6.50. The fraction of sp³-hybridized carbons (Fsp3) is 0.370. The number of allylic oxidation sites excluding steroid dienone is 1. The Balaban J connectivity index is 2.74. The van der Waals surface area contributed by atoms with Gasteiger partial charge in [0.1, 0.15) is 29.9 Å². The average Bonchev–Trinajstić information content (AvgIpc) is 2.79. The van der Waals surface area contributed by atoms with E-state index >= 15 is 0 Å².